The highest BCUT2D eigenvalue weighted by molar-refractivity contribution is 5.88. The van der Waals surface area contributed by atoms with Crippen LogP contribution in [0, 0.1) is 6.92 Å². The maximum Gasteiger partial charge on any atom is 0.335 e. The van der Waals surface area contributed by atoms with Gasteiger partial charge >= 0.3 is 5.97 Å². The lowest BCUT2D eigenvalue weighted by atomic mass is 10.2. The van der Waals surface area contributed by atoms with Crippen molar-refractivity contribution in [3.8, 4) is 5.69 Å². The molecule has 0 aliphatic carbocycles. The lowest BCUT2D eigenvalue weighted by Gasteiger charge is -2.02. The van der Waals surface area contributed by atoms with Crippen molar-refractivity contribution in [2.45, 2.75) is 13.5 Å². The number of carboxylic acid groups (broad SMARTS) is 1. The zero-order valence-corrected chi connectivity index (χ0v) is 10.3. The summed E-state index contributed by atoms with van der Waals surface area (Å²) in [4.78, 5) is 10.9. The van der Waals surface area contributed by atoms with Gasteiger partial charge in [-0.15, -0.1) is 0 Å². The number of benzene rings is 1. The second kappa shape index (κ2) is 5.01. The van der Waals surface area contributed by atoms with Gasteiger partial charge in [-0.25, -0.2) is 9.48 Å². The summed E-state index contributed by atoms with van der Waals surface area (Å²) in [5, 5.41) is 16.4. The summed E-state index contributed by atoms with van der Waals surface area (Å²) in [6.45, 7) is 2.68. The lowest BCUT2D eigenvalue weighted by Crippen LogP contribution is -2.05. The summed E-state index contributed by atoms with van der Waals surface area (Å²) >= 11 is 0. The van der Waals surface area contributed by atoms with Gasteiger partial charge < -0.3 is 10.4 Å². The fourth-order valence-corrected chi connectivity index (χ4v) is 1.77. The van der Waals surface area contributed by atoms with Crippen LogP contribution in [0.2, 0.25) is 0 Å². The molecule has 1 aromatic heterocycles. The lowest BCUT2D eigenvalue weighted by molar-refractivity contribution is 0.0697. The average Bonchev–Trinajstić information content (AvgIpc) is 2.72. The zero-order chi connectivity index (χ0) is 13.1. The molecule has 2 aromatic rings. The minimum absolute atomic E-state index is 0.260. The highest BCUT2D eigenvalue weighted by atomic mass is 16.4. The van der Waals surface area contributed by atoms with Crippen molar-refractivity contribution in [2.24, 2.45) is 0 Å². The van der Waals surface area contributed by atoms with Crippen LogP contribution in [0.15, 0.2) is 30.5 Å². The number of carbonyl (C=O) groups is 1. The van der Waals surface area contributed by atoms with Gasteiger partial charge in [0.05, 0.1) is 16.9 Å². The van der Waals surface area contributed by atoms with E-state index in [1.54, 1.807) is 22.9 Å². The molecule has 0 spiro atoms. The van der Waals surface area contributed by atoms with E-state index in [0.717, 1.165) is 23.5 Å². The van der Waals surface area contributed by atoms with Crippen LogP contribution in [0.4, 0.5) is 0 Å². The van der Waals surface area contributed by atoms with Gasteiger partial charge in [-0.3, -0.25) is 0 Å². The van der Waals surface area contributed by atoms with Crippen molar-refractivity contribution < 1.29 is 9.90 Å². The molecule has 0 atom stereocenters. The molecule has 0 unspecified atom stereocenters. The van der Waals surface area contributed by atoms with E-state index in [9.17, 15) is 4.79 Å². The Labute approximate surface area is 105 Å². The summed E-state index contributed by atoms with van der Waals surface area (Å²) in [6, 6.07) is 6.73. The molecule has 0 saturated carbocycles. The molecule has 0 fully saturated rings. The van der Waals surface area contributed by atoms with E-state index in [-0.39, 0.29) is 5.56 Å². The van der Waals surface area contributed by atoms with Crippen molar-refractivity contribution in [3.63, 3.8) is 0 Å². The van der Waals surface area contributed by atoms with Crippen LogP contribution in [0.1, 0.15) is 21.6 Å². The van der Waals surface area contributed by atoms with E-state index in [1.165, 1.54) is 0 Å². The Morgan fingerprint density at radius 3 is 2.94 bits per heavy atom. The Morgan fingerprint density at radius 1 is 1.50 bits per heavy atom. The molecule has 0 aliphatic rings. The normalized spacial score (nSPS) is 10.6. The maximum atomic E-state index is 10.9. The molecule has 0 radical (unpaired) electrons. The Morgan fingerprint density at radius 2 is 2.28 bits per heavy atom. The molecule has 5 heteroatoms. The first kappa shape index (κ1) is 12.3. The molecular weight excluding hydrogens is 230 g/mol. The van der Waals surface area contributed by atoms with Crippen molar-refractivity contribution in [1.29, 1.82) is 0 Å². The van der Waals surface area contributed by atoms with Gasteiger partial charge in [0.25, 0.3) is 0 Å². The van der Waals surface area contributed by atoms with Crippen LogP contribution in [0.3, 0.4) is 0 Å². The van der Waals surface area contributed by atoms with Crippen LogP contribution in [-0.4, -0.2) is 27.9 Å². The van der Waals surface area contributed by atoms with Gasteiger partial charge in [-0.05, 0) is 32.2 Å². The van der Waals surface area contributed by atoms with E-state index < -0.39 is 5.97 Å². The molecule has 0 saturated heterocycles. The van der Waals surface area contributed by atoms with Gasteiger partial charge in [0.1, 0.15) is 0 Å². The quantitative estimate of drug-likeness (QED) is 0.858. The van der Waals surface area contributed by atoms with Gasteiger partial charge in [0, 0.05) is 18.3 Å². The van der Waals surface area contributed by atoms with Gasteiger partial charge in [-0.1, -0.05) is 6.07 Å². The smallest absolute Gasteiger partial charge is 0.335 e. The molecule has 2 N–H and O–H groups in total. The summed E-state index contributed by atoms with van der Waals surface area (Å²) in [5.41, 5.74) is 3.04. The molecular formula is C13H15N3O2. The first-order chi connectivity index (χ1) is 8.61. The molecule has 94 valence electrons. The summed E-state index contributed by atoms with van der Waals surface area (Å²) in [5.74, 6) is -0.934. The topological polar surface area (TPSA) is 67.2 Å². The van der Waals surface area contributed by atoms with Gasteiger partial charge in [0.15, 0.2) is 0 Å². The van der Waals surface area contributed by atoms with Crippen LogP contribution in [0.5, 0.6) is 0 Å². The van der Waals surface area contributed by atoms with Crippen molar-refractivity contribution in [2.75, 3.05) is 7.05 Å². The van der Waals surface area contributed by atoms with E-state index >= 15 is 0 Å². The van der Waals surface area contributed by atoms with Crippen LogP contribution in [0.25, 0.3) is 5.69 Å². The number of hydrogen-bond donors (Lipinski definition) is 2. The molecule has 18 heavy (non-hydrogen) atoms. The van der Waals surface area contributed by atoms with Crippen molar-refractivity contribution in [3.05, 3.63) is 47.3 Å². The molecule has 0 bridgehead atoms. The molecule has 2 rings (SSSR count). The van der Waals surface area contributed by atoms with Crippen LogP contribution >= 0.6 is 0 Å². The third-order valence-corrected chi connectivity index (χ3v) is 2.73. The molecule has 0 amide bonds. The zero-order valence-electron chi connectivity index (χ0n) is 10.3. The van der Waals surface area contributed by atoms with Gasteiger partial charge in [-0.2, -0.15) is 5.10 Å². The Hall–Kier alpha value is -2.14. The number of carboxylic acids is 1. The highest BCUT2D eigenvalue weighted by Gasteiger charge is 2.08. The summed E-state index contributed by atoms with van der Waals surface area (Å²) < 4.78 is 1.70. The van der Waals surface area contributed by atoms with Crippen molar-refractivity contribution in [1.82, 2.24) is 15.1 Å². The summed E-state index contributed by atoms with van der Waals surface area (Å²) in [7, 11) is 1.88. The molecule has 1 aromatic carbocycles. The monoisotopic (exact) mass is 245 g/mol. The number of nitrogens with one attached hydrogen (secondary N) is 1. The predicted molar refractivity (Wildman–Crippen MR) is 68.0 cm³/mol. The first-order valence-electron chi connectivity index (χ1n) is 5.65. The largest absolute Gasteiger partial charge is 0.478 e. The number of aryl methyl sites for hydroxylation is 1. The fourth-order valence-electron chi connectivity index (χ4n) is 1.77. The predicted octanol–water partition coefficient (Wildman–Crippen LogP) is 1.60. The second-order valence-electron chi connectivity index (χ2n) is 4.07. The Balaban J connectivity index is 2.39. The number of aromatic carboxylic acids is 1. The van der Waals surface area contributed by atoms with Gasteiger partial charge in [0.2, 0.25) is 0 Å². The highest BCUT2D eigenvalue weighted by Crippen LogP contribution is 2.13. The van der Waals surface area contributed by atoms with E-state index in [1.807, 2.05) is 26.2 Å². The molecule has 1 heterocycles. The number of aromatic nitrogens is 2. The standard InChI is InChI=1S/C13H15N3O2/c1-9-11(7-14-2)8-16(15-9)12-5-3-4-10(6-12)13(17)18/h3-6,8,14H,7H2,1-2H3,(H,17,18). The molecule has 0 aliphatic heterocycles. The third kappa shape index (κ3) is 2.41. The minimum atomic E-state index is -0.934. The van der Waals surface area contributed by atoms with Crippen LogP contribution in [-0.2, 0) is 6.54 Å². The third-order valence-electron chi connectivity index (χ3n) is 2.73. The SMILES string of the molecule is CNCc1cn(-c2cccc(C(=O)O)c2)nc1C. The van der Waals surface area contributed by atoms with Crippen molar-refractivity contribution >= 4 is 5.97 Å². The fraction of sp³-hybridized carbons (Fsp3) is 0.231. The minimum Gasteiger partial charge on any atom is -0.478 e. The second-order valence-corrected chi connectivity index (χ2v) is 4.07. The average molecular weight is 245 g/mol. The number of nitrogens with zero attached hydrogens (tertiary/aromatic N) is 2. The van der Waals surface area contributed by atoms with E-state index in [0.29, 0.717) is 0 Å². The maximum absolute atomic E-state index is 10.9. The first-order valence-corrected chi connectivity index (χ1v) is 5.65. The van der Waals surface area contributed by atoms with E-state index in [4.69, 9.17) is 5.11 Å². The molecule has 5 nitrogen and oxygen atoms in total. The Kier molecular flexibility index (Phi) is 3.43. The number of hydrogen-bond acceptors (Lipinski definition) is 3. The van der Waals surface area contributed by atoms with E-state index in [2.05, 4.69) is 10.4 Å². The number of rotatable bonds is 4. The Bertz CT molecular complexity index is 575. The summed E-state index contributed by atoms with van der Waals surface area (Å²) in [6.07, 6.45) is 1.91. The van der Waals surface area contributed by atoms with Crippen LogP contribution < -0.4 is 5.32 Å².